The van der Waals surface area contributed by atoms with Gasteiger partial charge in [-0.25, -0.2) is 9.78 Å². The van der Waals surface area contributed by atoms with Crippen molar-refractivity contribution in [2.75, 3.05) is 11.1 Å². The maximum absolute atomic E-state index is 11.9. The molecule has 0 aliphatic heterocycles. The molecule has 0 aliphatic rings. The Morgan fingerprint density at radius 1 is 1.32 bits per heavy atom. The van der Waals surface area contributed by atoms with Crippen LogP contribution in [0.4, 0.5) is 17.5 Å². The summed E-state index contributed by atoms with van der Waals surface area (Å²) in [5.74, 6) is -0.416. The number of aromatic nitrogens is 2. The third-order valence-corrected chi connectivity index (χ3v) is 3.03. The molecule has 9 heteroatoms. The Morgan fingerprint density at radius 3 is 2.48 bits per heavy atom. The van der Waals surface area contributed by atoms with Crippen molar-refractivity contribution in [2.24, 2.45) is 0 Å². The van der Waals surface area contributed by atoms with Crippen molar-refractivity contribution in [1.82, 2.24) is 9.97 Å². The summed E-state index contributed by atoms with van der Waals surface area (Å²) in [6.45, 7) is 5.78. The summed E-state index contributed by atoms with van der Waals surface area (Å²) in [5.41, 5.74) is 5.94. The van der Waals surface area contributed by atoms with Crippen molar-refractivity contribution in [3.63, 3.8) is 0 Å². The second-order valence-corrected chi connectivity index (χ2v) is 6.27. The zero-order valence-corrected chi connectivity index (χ0v) is 14.1. The predicted molar refractivity (Wildman–Crippen MR) is 92.0 cm³/mol. The van der Waals surface area contributed by atoms with Crippen LogP contribution in [0, 0.1) is 10.1 Å². The second kappa shape index (κ2) is 7.12. The van der Waals surface area contributed by atoms with Gasteiger partial charge in [-0.3, -0.25) is 10.1 Å². The summed E-state index contributed by atoms with van der Waals surface area (Å²) in [5, 5.41) is 13.6. The molecule has 0 fully saturated rings. The number of nitro groups is 1. The summed E-state index contributed by atoms with van der Waals surface area (Å²) in [6.07, 6.45) is 1.05. The van der Waals surface area contributed by atoms with Crippen molar-refractivity contribution in [2.45, 2.75) is 32.9 Å². The number of carbonyl (C=O) groups excluding carboxylic acids is 1. The first-order valence-electron chi connectivity index (χ1n) is 7.49. The normalized spacial score (nSPS) is 11.0. The molecule has 9 nitrogen and oxygen atoms in total. The van der Waals surface area contributed by atoms with E-state index in [0.29, 0.717) is 12.1 Å². The van der Waals surface area contributed by atoms with Gasteiger partial charge in [0, 0.05) is 6.54 Å². The first kappa shape index (κ1) is 18.1. The minimum atomic E-state index is -0.644. The first-order valence-corrected chi connectivity index (χ1v) is 7.49. The molecule has 0 saturated carbocycles. The molecule has 2 aromatic rings. The zero-order chi connectivity index (χ0) is 18.6. The molecule has 0 saturated heterocycles. The molecular weight excluding hydrogens is 326 g/mol. The number of nitrogens with zero attached hydrogens (tertiary/aromatic N) is 3. The molecule has 1 aromatic heterocycles. The van der Waals surface area contributed by atoms with Gasteiger partial charge in [0.15, 0.2) is 0 Å². The summed E-state index contributed by atoms with van der Waals surface area (Å²) in [6, 6.07) is 6.86. The van der Waals surface area contributed by atoms with Gasteiger partial charge in [-0.2, -0.15) is 4.98 Å². The molecule has 0 unspecified atom stereocenters. The quantitative estimate of drug-likeness (QED) is 0.480. The van der Waals surface area contributed by atoms with Crippen LogP contribution in [-0.4, -0.2) is 26.5 Å². The fourth-order valence-electron chi connectivity index (χ4n) is 1.89. The average Bonchev–Trinajstić information content (AvgIpc) is 2.51. The molecule has 25 heavy (non-hydrogen) atoms. The maximum Gasteiger partial charge on any atom is 0.338 e. The number of hydrogen-bond donors (Lipinski definition) is 2. The van der Waals surface area contributed by atoms with Crippen molar-refractivity contribution >= 4 is 23.4 Å². The Morgan fingerprint density at radius 2 is 1.96 bits per heavy atom. The fraction of sp³-hybridized carbons (Fsp3) is 0.312. The van der Waals surface area contributed by atoms with E-state index < -0.39 is 16.5 Å². The van der Waals surface area contributed by atoms with Gasteiger partial charge < -0.3 is 15.8 Å². The van der Waals surface area contributed by atoms with Gasteiger partial charge in [0.1, 0.15) is 11.8 Å². The molecule has 2 rings (SSSR count). The van der Waals surface area contributed by atoms with Gasteiger partial charge in [-0.15, -0.1) is 0 Å². The third-order valence-electron chi connectivity index (χ3n) is 3.03. The average molecular weight is 345 g/mol. The number of nitrogens with two attached hydrogens (primary N) is 1. The lowest BCUT2D eigenvalue weighted by molar-refractivity contribution is -0.384. The molecule has 1 aromatic carbocycles. The fourth-order valence-corrected chi connectivity index (χ4v) is 1.89. The van der Waals surface area contributed by atoms with E-state index in [1.807, 2.05) is 0 Å². The van der Waals surface area contributed by atoms with Gasteiger partial charge >= 0.3 is 11.7 Å². The van der Waals surface area contributed by atoms with E-state index in [0.717, 1.165) is 11.8 Å². The SMILES string of the molecule is CC(C)(C)OC(=O)c1ccc(CNc2ncc([N+](=O)[O-])c(N)n2)cc1. The molecule has 0 aliphatic carbocycles. The van der Waals surface area contributed by atoms with Crippen molar-refractivity contribution < 1.29 is 14.5 Å². The minimum absolute atomic E-state index is 0.180. The topological polar surface area (TPSA) is 133 Å². The Balaban J connectivity index is 1.99. The number of carbonyl (C=O) groups is 1. The number of benzene rings is 1. The number of nitrogens with one attached hydrogen (secondary N) is 1. The van der Waals surface area contributed by atoms with E-state index in [1.165, 1.54) is 0 Å². The second-order valence-electron chi connectivity index (χ2n) is 6.27. The highest BCUT2D eigenvalue weighted by atomic mass is 16.6. The van der Waals surface area contributed by atoms with Gasteiger partial charge in [0.25, 0.3) is 0 Å². The first-order chi connectivity index (χ1) is 11.7. The molecule has 3 N–H and O–H groups in total. The standard InChI is InChI=1S/C16H19N5O4/c1-16(2,3)25-14(22)11-6-4-10(5-7-11)8-18-15-19-9-12(21(23)24)13(17)20-15/h4-7,9H,8H2,1-3H3,(H3,17,18,19,20). The Kier molecular flexibility index (Phi) is 5.16. The van der Waals surface area contributed by atoms with Crippen molar-refractivity contribution in [3.8, 4) is 0 Å². The maximum atomic E-state index is 11.9. The lowest BCUT2D eigenvalue weighted by Crippen LogP contribution is -2.23. The molecule has 0 spiro atoms. The largest absolute Gasteiger partial charge is 0.456 e. The van der Waals surface area contributed by atoms with E-state index in [-0.39, 0.29) is 17.5 Å². The highest BCUT2D eigenvalue weighted by Gasteiger charge is 2.17. The molecular formula is C16H19N5O4. The molecule has 0 atom stereocenters. The molecule has 0 radical (unpaired) electrons. The van der Waals surface area contributed by atoms with Crippen LogP contribution in [0.5, 0.6) is 0 Å². The summed E-state index contributed by atoms with van der Waals surface area (Å²) < 4.78 is 5.29. The number of ether oxygens (including phenoxy) is 1. The van der Waals surface area contributed by atoms with Crippen LogP contribution in [0.3, 0.4) is 0 Å². The van der Waals surface area contributed by atoms with Crippen LogP contribution < -0.4 is 11.1 Å². The van der Waals surface area contributed by atoms with Crippen LogP contribution in [0.15, 0.2) is 30.5 Å². The lowest BCUT2D eigenvalue weighted by atomic mass is 10.1. The minimum Gasteiger partial charge on any atom is -0.456 e. The Labute approximate surface area is 144 Å². The number of nitrogen functional groups attached to an aromatic ring is 1. The summed E-state index contributed by atoms with van der Waals surface area (Å²) in [4.78, 5) is 29.7. The number of esters is 1. The van der Waals surface area contributed by atoms with E-state index >= 15 is 0 Å². The molecule has 0 bridgehead atoms. The van der Waals surface area contributed by atoms with Gasteiger partial charge in [-0.05, 0) is 38.5 Å². The van der Waals surface area contributed by atoms with Crippen molar-refractivity contribution in [3.05, 3.63) is 51.7 Å². The predicted octanol–water partition coefficient (Wildman–Crippen LogP) is 2.53. The highest BCUT2D eigenvalue weighted by Crippen LogP contribution is 2.18. The molecule has 0 amide bonds. The number of anilines is 2. The van der Waals surface area contributed by atoms with E-state index in [1.54, 1.807) is 45.0 Å². The van der Waals surface area contributed by atoms with Crippen LogP contribution in [-0.2, 0) is 11.3 Å². The smallest absolute Gasteiger partial charge is 0.338 e. The molecule has 1 heterocycles. The number of rotatable bonds is 5. The van der Waals surface area contributed by atoms with Crippen LogP contribution >= 0.6 is 0 Å². The lowest BCUT2D eigenvalue weighted by Gasteiger charge is -2.19. The van der Waals surface area contributed by atoms with Crippen molar-refractivity contribution in [1.29, 1.82) is 0 Å². The van der Waals surface area contributed by atoms with Gasteiger partial charge in [0.05, 0.1) is 10.5 Å². The van der Waals surface area contributed by atoms with Crippen LogP contribution in [0.1, 0.15) is 36.7 Å². The monoisotopic (exact) mass is 345 g/mol. The van der Waals surface area contributed by atoms with E-state index in [4.69, 9.17) is 10.5 Å². The van der Waals surface area contributed by atoms with E-state index in [2.05, 4.69) is 15.3 Å². The molecule has 132 valence electrons. The third kappa shape index (κ3) is 5.13. The highest BCUT2D eigenvalue weighted by molar-refractivity contribution is 5.89. The number of hydrogen-bond acceptors (Lipinski definition) is 8. The summed E-state index contributed by atoms with van der Waals surface area (Å²) in [7, 11) is 0. The zero-order valence-electron chi connectivity index (χ0n) is 14.1. The van der Waals surface area contributed by atoms with E-state index in [9.17, 15) is 14.9 Å². The van der Waals surface area contributed by atoms with Gasteiger partial charge in [-0.1, -0.05) is 12.1 Å². The van der Waals surface area contributed by atoms with Gasteiger partial charge in [0.2, 0.25) is 11.8 Å². The Bertz CT molecular complexity index is 784. The van der Waals surface area contributed by atoms with Crippen LogP contribution in [0.25, 0.3) is 0 Å². The van der Waals surface area contributed by atoms with Crippen LogP contribution in [0.2, 0.25) is 0 Å². The Hall–Kier alpha value is -3.23. The summed E-state index contributed by atoms with van der Waals surface area (Å²) >= 11 is 0.